The maximum Gasteiger partial charge on any atom is 0.313 e. The lowest BCUT2D eigenvalue weighted by atomic mass is 10.1. The quantitative estimate of drug-likeness (QED) is 0.797. The van der Waals surface area contributed by atoms with Crippen LogP contribution >= 0.6 is 0 Å². The number of ether oxygens (including phenoxy) is 1. The molecule has 0 aromatic heterocycles. The van der Waals surface area contributed by atoms with Gasteiger partial charge in [-0.25, -0.2) is 0 Å². The average molecular weight is 326 g/mol. The molecule has 0 spiro atoms. The number of carbonyl (C=O) groups is 2. The van der Waals surface area contributed by atoms with Crippen molar-refractivity contribution in [1.29, 1.82) is 0 Å². The van der Waals surface area contributed by atoms with Gasteiger partial charge in [0.2, 0.25) is 0 Å². The van der Waals surface area contributed by atoms with Crippen LogP contribution in [0.15, 0.2) is 54.6 Å². The Morgan fingerprint density at radius 2 is 1.62 bits per heavy atom. The van der Waals surface area contributed by atoms with Gasteiger partial charge in [0.05, 0.1) is 5.69 Å². The summed E-state index contributed by atoms with van der Waals surface area (Å²) >= 11 is 0. The molecule has 2 N–H and O–H groups in total. The molecule has 5 nitrogen and oxygen atoms in total. The predicted octanol–water partition coefficient (Wildman–Crippen LogP) is 3.58. The topological polar surface area (TPSA) is 67.4 Å². The van der Waals surface area contributed by atoms with Gasteiger partial charge in [0.25, 0.3) is 0 Å². The van der Waals surface area contributed by atoms with Crippen molar-refractivity contribution in [1.82, 2.24) is 5.32 Å². The molecule has 0 heterocycles. The molecule has 0 saturated carbocycles. The highest BCUT2D eigenvalue weighted by atomic mass is 16.5. The molecule has 0 aliphatic carbocycles. The van der Waals surface area contributed by atoms with E-state index in [1.54, 1.807) is 24.3 Å². The molecule has 2 aromatic rings. The van der Waals surface area contributed by atoms with E-state index < -0.39 is 11.8 Å². The number of nitrogens with one attached hydrogen (secondary N) is 2. The van der Waals surface area contributed by atoms with Crippen molar-refractivity contribution in [3.8, 4) is 11.5 Å². The second-order valence-electron chi connectivity index (χ2n) is 5.80. The number of hydrogen-bond acceptors (Lipinski definition) is 3. The maximum absolute atomic E-state index is 12.0. The van der Waals surface area contributed by atoms with E-state index in [2.05, 4.69) is 24.5 Å². The summed E-state index contributed by atoms with van der Waals surface area (Å²) in [5.74, 6) is 0.244. The van der Waals surface area contributed by atoms with Crippen LogP contribution in [0.3, 0.4) is 0 Å². The van der Waals surface area contributed by atoms with Gasteiger partial charge in [-0.3, -0.25) is 9.59 Å². The van der Waals surface area contributed by atoms with E-state index in [-0.39, 0.29) is 0 Å². The molecular weight excluding hydrogens is 304 g/mol. The van der Waals surface area contributed by atoms with Gasteiger partial charge < -0.3 is 15.4 Å². The van der Waals surface area contributed by atoms with Crippen LogP contribution in [0.1, 0.15) is 20.3 Å². The summed E-state index contributed by atoms with van der Waals surface area (Å²) in [6.45, 7) is 4.60. The molecule has 2 amide bonds. The van der Waals surface area contributed by atoms with Gasteiger partial charge in [-0.15, -0.1) is 0 Å². The first-order valence-corrected chi connectivity index (χ1v) is 7.97. The van der Waals surface area contributed by atoms with Crippen LogP contribution in [-0.2, 0) is 9.59 Å². The highest BCUT2D eigenvalue weighted by Gasteiger charge is 2.15. The monoisotopic (exact) mass is 326 g/mol. The Morgan fingerprint density at radius 3 is 2.33 bits per heavy atom. The Bertz CT molecular complexity index is 684. The van der Waals surface area contributed by atoms with Gasteiger partial charge in [0, 0.05) is 6.54 Å². The molecule has 0 unspecified atom stereocenters. The Hall–Kier alpha value is -2.82. The van der Waals surface area contributed by atoms with Crippen LogP contribution in [0.5, 0.6) is 11.5 Å². The Morgan fingerprint density at radius 1 is 0.958 bits per heavy atom. The van der Waals surface area contributed by atoms with Gasteiger partial charge in [-0.05, 0) is 36.6 Å². The number of anilines is 1. The molecular formula is C19H22N2O3. The van der Waals surface area contributed by atoms with Crippen LogP contribution in [0.4, 0.5) is 5.69 Å². The fraction of sp³-hybridized carbons (Fsp3) is 0.263. The van der Waals surface area contributed by atoms with Crippen LogP contribution < -0.4 is 15.4 Å². The van der Waals surface area contributed by atoms with E-state index in [4.69, 9.17) is 4.74 Å². The van der Waals surface area contributed by atoms with Crippen molar-refractivity contribution in [3.63, 3.8) is 0 Å². The van der Waals surface area contributed by atoms with Crippen LogP contribution in [-0.4, -0.2) is 18.4 Å². The Balaban J connectivity index is 1.99. The van der Waals surface area contributed by atoms with E-state index in [0.29, 0.717) is 29.6 Å². The van der Waals surface area contributed by atoms with Crippen molar-refractivity contribution in [2.24, 2.45) is 5.92 Å². The minimum atomic E-state index is -0.706. The summed E-state index contributed by atoms with van der Waals surface area (Å²) in [7, 11) is 0. The normalized spacial score (nSPS) is 10.3. The third kappa shape index (κ3) is 5.43. The van der Waals surface area contributed by atoms with E-state index in [1.807, 2.05) is 30.3 Å². The molecule has 0 saturated heterocycles. The van der Waals surface area contributed by atoms with E-state index in [1.165, 1.54) is 0 Å². The summed E-state index contributed by atoms with van der Waals surface area (Å²) < 4.78 is 5.76. The Labute approximate surface area is 142 Å². The van der Waals surface area contributed by atoms with Crippen LogP contribution in [0.2, 0.25) is 0 Å². The van der Waals surface area contributed by atoms with Crippen molar-refractivity contribution in [3.05, 3.63) is 54.6 Å². The zero-order chi connectivity index (χ0) is 17.4. The van der Waals surface area contributed by atoms with Gasteiger partial charge in [-0.2, -0.15) is 0 Å². The molecule has 5 heteroatoms. The largest absolute Gasteiger partial charge is 0.455 e. The Kier molecular flexibility index (Phi) is 6.37. The average Bonchev–Trinajstić information content (AvgIpc) is 2.57. The number of rotatable bonds is 6. The van der Waals surface area contributed by atoms with E-state index in [9.17, 15) is 9.59 Å². The summed E-state index contributed by atoms with van der Waals surface area (Å²) in [6, 6.07) is 16.2. The van der Waals surface area contributed by atoms with Crippen molar-refractivity contribution < 1.29 is 14.3 Å². The lowest BCUT2D eigenvalue weighted by Gasteiger charge is -2.12. The number of para-hydroxylation sites is 3. The summed E-state index contributed by atoms with van der Waals surface area (Å²) in [5, 5.41) is 5.20. The third-order valence-electron chi connectivity index (χ3n) is 3.32. The minimum Gasteiger partial charge on any atom is -0.455 e. The summed E-state index contributed by atoms with van der Waals surface area (Å²) in [6.07, 6.45) is 0.826. The standard InChI is InChI=1S/C19H22N2O3/c1-14(2)12-13-20-18(22)19(23)21-16-10-6-7-11-17(16)24-15-8-4-3-5-9-15/h3-11,14H,12-13H2,1-2H3,(H,20,22)(H,21,23). The zero-order valence-corrected chi connectivity index (χ0v) is 13.9. The smallest absolute Gasteiger partial charge is 0.313 e. The first-order valence-electron chi connectivity index (χ1n) is 7.97. The van der Waals surface area contributed by atoms with Crippen molar-refractivity contribution in [2.75, 3.05) is 11.9 Å². The maximum atomic E-state index is 12.0. The van der Waals surface area contributed by atoms with Crippen LogP contribution in [0.25, 0.3) is 0 Å². The molecule has 0 fully saturated rings. The molecule has 0 radical (unpaired) electrons. The fourth-order valence-electron chi connectivity index (χ4n) is 2.01. The van der Waals surface area contributed by atoms with Crippen molar-refractivity contribution >= 4 is 17.5 Å². The van der Waals surface area contributed by atoms with Crippen LogP contribution in [0, 0.1) is 5.92 Å². The second kappa shape index (κ2) is 8.72. The summed E-state index contributed by atoms with van der Waals surface area (Å²) in [4.78, 5) is 23.8. The van der Waals surface area contributed by atoms with Gasteiger partial charge >= 0.3 is 11.8 Å². The number of amides is 2. The fourth-order valence-corrected chi connectivity index (χ4v) is 2.01. The molecule has 126 valence electrons. The predicted molar refractivity (Wildman–Crippen MR) is 94.1 cm³/mol. The lowest BCUT2D eigenvalue weighted by Crippen LogP contribution is -2.36. The molecule has 2 aromatic carbocycles. The molecule has 0 atom stereocenters. The second-order valence-corrected chi connectivity index (χ2v) is 5.80. The highest BCUT2D eigenvalue weighted by molar-refractivity contribution is 6.39. The SMILES string of the molecule is CC(C)CCNC(=O)C(=O)Nc1ccccc1Oc1ccccc1. The third-order valence-corrected chi connectivity index (χ3v) is 3.32. The molecule has 2 rings (SSSR count). The number of carbonyl (C=O) groups excluding carboxylic acids is 2. The lowest BCUT2D eigenvalue weighted by molar-refractivity contribution is -0.136. The van der Waals surface area contributed by atoms with Gasteiger partial charge in [0.1, 0.15) is 5.75 Å². The number of benzene rings is 2. The van der Waals surface area contributed by atoms with E-state index in [0.717, 1.165) is 6.42 Å². The minimum absolute atomic E-state index is 0.449. The summed E-state index contributed by atoms with van der Waals surface area (Å²) in [5.41, 5.74) is 0.449. The van der Waals surface area contributed by atoms with Gasteiger partial charge in [0.15, 0.2) is 5.75 Å². The van der Waals surface area contributed by atoms with Crippen molar-refractivity contribution in [2.45, 2.75) is 20.3 Å². The van der Waals surface area contributed by atoms with E-state index >= 15 is 0 Å². The highest BCUT2D eigenvalue weighted by Crippen LogP contribution is 2.28. The van der Waals surface area contributed by atoms with Gasteiger partial charge in [-0.1, -0.05) is 44.2 Å². The molecule has 0 aliphatic heterocycles. The molecule has 24 heavy (non-hydrogen) atoms. The zero-order valence-electron chi connectivity index (χ0n) is 13.9. The number of hydrogen-bond donors (Lipinski definition) is 2. The first kappa shape index (κ1) is 17.5. The first-order chi connectivity index (χ1) is 11.6. The molecule has 0 bridgehead atoms. The molecule has 0 aliphatic rings.